The highest BCUT2D eigenvalue weighted by Crippen LogP contribution is 2.11. The van der Waals surface area contributed by atoms with E-state index in [1.807, 2.05) is 24.3 Å². The molecule has 1 aromatic carbocycles. The Morgan fingerprint density at radius 1 is 1.29 bits per heavy atom. The quantitative estimate of drug-likeness (QED) is 0.600. The van der Waals surface area contributed by atoms with Crippen molar-refractivity contribution in [3.63, 3.8) is 0 Å². The molecule has 0 aliphatic heterocycles. The topological polar surface area (TPSA) is 47.6 Å². The van der Waals surface area contributed by atoms with Gasteiger partial charge in [0.25, 0.3) is 0 Å². The average molecular weight is 235 g/mol. The summed E-state index contributed by atoms with van der Waals surface area (Å²) in [6, 6.07) is 7.47. The molecule has 0 saturated carbocycles. The molecule has 92 valence electrons. The Morgan fingerprint density at radius 2 is 2.00 bits per heavy atom. The van der Waals surface area contributed by atoms with Crippen LogP contribution < -0.4 is 10.1 Å². The lowest BCUT2D eigenvalue weighted by Gasteiger charge is -2.00. The molecule has 4 nitrogen and oxygen atoms in total. The van der Waals surface area contributed by atoms with Gasteiger partial charge in [-0.25, -0.2) is 0 Å². The zero-order valence-corrected chi connectivity index (χ0v) is 10.1. The van der Waals surface area contributed by atoms with Gasteiger partial charge in [-0.1, -0.05) is 12.1 Å². The molecule has 4 heteroatoms. The van der Waals surface area contributed by atoms with Crippen molar-refractivity contribution < 1.29 is 14.3 Å². The first-order valence-corrected chi connectivity index (χ1v) is 5.35. The van der Waals surface area contributed by atoms with E-state index in [1.54, 1.807) is 20.3 Å². The van der Waals surface area contributed by atoms with Gasteiger partial charge < -0.3 is 14.8 Å². The maximum Gasteiger partial charge on any atom is 0.244 e. The maximum atomic E-state index is 11.3. The van der Waals surface area contributed by atoms with E-state index in [0.717, 1.165) is 11.3 Å². The van der Waals surface area contributed by atoms with Crippen molar-refractivity contribution in [2.45, 2.75) is 0 Å². The largest absolute Gasteiger partial charge is 0.497 e. The predicted molar refractivity (Wildman–Crippen MR) is 66.9 cm³/mol. The lowest BCUT2D eigenvalue weighted by Crippen LogP contribution is -2.24. The summed E-state index contributed by atoms with van der Waals surface area (Å²) >= 11 is 0. The third-order valence-electron chi connectivity index (χ3n) is 2.15. The SMILES string of the molecule is COCCNC(=O)C=Cc1ccc(OC)cc1. The summed E-state index contributed by atoms with van der Waals surface area (Å²) in [5.41, 5.74) is 0.952. The number of hydrogen-bond donors (Lipinski definition) is 1. The molecular weight excluding hydrogens is 218 g/mol. The minimum Gasteiger partial charge on any atom is -0.497 e. The Morgan fingerprint density at radius 3 is 2.59 bits per heavy atom. The molecule has 0 heterocycles. The molecule has 0 atom stereocenters. The molecule has 0 aromatic heterocycles. The number of rotatable bonds is 6. The maximum absolute atomic E-state index is 11.3. The molecule has 0 saturated heterocycles. The standard InChI is InChI=1S/C13H17NO3/c1-16-10-9-14-13(15)8-5-11-3-6-12(17-2)7-4-11/h3-8H,9-10H2,1-2H3,(H,14,15). The number of nitrogens with one attached hydrogen (secondary N) is 1. The van der Waals surface area contributed by atoms with E-state index in [1.165, 1.54) is 6.08 Å². The Bertz CT molecular complexity index is 371. The second kappa shape index (κ2) is 7.46. The number of methoxy groups -OCH3 is 2. The minimum atomic E-state index is -0.127. The Hall–Kier alpha value is -1.81. The summed E-state index contributed by atoms with van der Waals surface area (Å²) in [7, 11) is 3.22. The Balaban J connectivity index is 2.43. The molecule has 1 amide bonds. The summed E-state index contributed by atoms with van der Waals surface area (Å²) in [6.45, 7) is 1.03. The molecule has 0 unspecified atom stereocenters. The van der Waals surface area contributed by atoms with Gasteiger partial charge in [-0.05, 0) is 23.8 Å². The number of carbonyl (C=O) groups is 1. The van der Waals surface area contributed by atoms with Crippen molar-refractivity contribution in [1.82, 2.24) is 5.32 Å². The fraction of sp³-hybridized carbons (Fsp3) is 0.308. The smallest absolute Gasteiger partial charge is 0.244 e. The zero-order valence-electron chi connectivity index (χ0n) is 10.1. The summed E-state index contributed by atoms with van der Waals surface area (Å²) in [4.78, 5) is 11.3. The van der Waals surface area contributed by atoms with Crippen molar-refractivity contribution in [2.24, 2.45) is 0 Å². The van der Waals surface area contributed by atoms with E-state index in [9.17, 15) is 4.79 Å². The number of amides is 1. The van der Waals surface area contributed by atoms with E-state index in [0.29, 0.717) is 13.2 Å². The second-order valence-corrected chi connectivity index (χ2v) is 3.39. The summed E-state index contributed by atoms with van der Waals surface area (Å²) < 4.78 is 9.87. The van der Waals surface area contributed by atoms with Gasteiger partial charge in [0.15, 0.2) is 0 Å². The summed E-state index contributed by atoms with van der Waals surface area (Å²) in [5.74, 6) is 0.671. The normalized spacial score (nSPS) is 10.5. The highest BCUT2D eigenvalue weighted by molar-refractivity contribution is 5.91. The van der Waals surface area contributed by atoms with E-state index < -0.39 is 0 Å². The van der Waals surface area contributed by atoms with Gasteiger partial charge in [-0.3, -0.25) is 4.79 Å². The van der Waals surface area contributed by atoms with Crippen molar-refractivity contribution in [3.05, 3.63) is 35.9 Å². The van der Waals surface area contributed by atoms with Crippen LogP contribution in [-0.4, -0.2) is 33.3 Å². The van der Waals surface area contributed by atoms with Crippen LogP contribution in [0.1, 0.15) is 5.56 Å². The lowest BCUT2D eigenvalue weighted by molar-refractivity contribution is -0.116. The second-order valence-electron chi connectivity index (χ2n) is 3.39. The summed E-state index contributed by atoms with van der Waals surface area (Å²) in [6.07, 6.45) is 3.25. The van der Waals surface area contributed by atoms with Crippen LogP contribution in [0.3, 0.4) is 0 Å². The number of carbonyl (C=O) groups excluding carboxylic acids is 1. The van der Waals surface area contributed by atoms with Crippen molar-refractivity contribution in [3.8, 4) is 5.75 Å². The number of benzene rings is 1. The first-order chi connectivity index (χ1) is 8.26. The molecule has 0 bridgehead atoms. The van der Waals surface area contributed by atoms with Crippen LogP contribution in [-0.2, 0) is 9.53 Å². The summed E-state index contributed by atoms with van der Waals surface area (Å²) in [5, 5.41) is 2.70. The molecule has 1 rings (SSSR count). The van der Waals surface area contributed by atoms with E-state index in [2.05, 4.69) is 5.32 Å². The average Bonchev–Trinajstić information content (AvgIpc) is 2.37. The molecule has 17 heavy (non-hydrogen) atoms. The van der Waals surface area contributed by atoms with Gasteiger partial charge in [0, 0.05) is 19.7 Å². The third kappa shape index (κ3) is 5.17. The zero-order chi connectivity index (χ0) is 12.5. The van der Waals surface area contributed by atoms with Crippen LogP contribution in [0.5, 0.6) is 5.75 Å². The van der Waals surface area contributed by atoms with E-state index in [4.69, 9.17) is 9.47 Å². The third-order valence-corrected chi connectivity index (χ3v) is 2.15. The first kappa shape index (κ1) is 13.3. The number of hydrogen-bond acceptors (Lipinski definition) is 3. The predicted octanol–water partition coefficient (Wildman–Crippen LogP) is 1.47. The van der Waals surface area contributed by atoms with E-state index >= 15 is 0 Å². The first-order valence-electron chi connectivity index (χ1n) is 5.35. The highest BCUT2D eigenvalue weighted by Gasteiger charge is 1.94. The van der Waals surface area contributed by atoms with Crippen LogP contribution >= 0.6 is 0 Å². The fourth-order valence-electron chi connectivity index (χ4n) is 1.22. The van der Waals surface area contributed by atoms with Gasteiger partial charge in [-0.15, -0.1) is 0 Å². The highest BCUT2D eigenvalue weighted by atomic mass is 16.5. The molecule has 0 radical (unpaired) electrons. The number of ether oxygens (including phenoxy) is 2. The van der Waals surface area contributed by atoms with Gasteiger partial charge in [0.1, 0.15) is 5.75 Å². The van der Waals surface area contributed by atoms with Crippen LogP contribution in [0, 0.1) is 0 Å². The molecule has 1 aromatic rings. The Labute approximate surface area is 101 Å². The molecule has 1 N–H and O–H groups in total. The molecule has 0 spiro atoms. The van der Waals surface area contributed by atoms with Crippen LogP contribution in [0.2, 0.25) is 0 Å². The van der Waals surface area contributed by atoms with Crippen molar-refractivity contribution in [1.29, 1.82) is 0 Å². The van der Waals surface area contributed by atoms with Crippen molar-refractivity contribution >= 4 is 12.0 Å². The van der Waals surface area contributed by atoms with Gasteiger partial charge in [0.05, 0.1) is 13.7 Å². The molecule has 0 aliphatic rings. The van der Waals surface area contributed by atoms with Crippen LogP contribution in [0.25, 0.3) is 6.08 Å². The van der Waals surface area contributed by atoms with Gasteiger partial charge in [-0.2, -0.15) is 0 Å². The fourth-order valence-corrected chi connectivity index (χ4v) is 1.22. The van der Waals surface area contributed by atoms with Gasteiger partial charge in [0.2, 0.25) is 5.91 Å². The molecule has 0 fully saturated rings. The van der Waals surface area contributed by atoms with Crippen LogP contribution in [0.15, 0.2) is 30.3 Å². The Kier molecular flexibility index (Phi) is 5.82. The molecular formula is C13H17NO3. The van der Waals surface area contributed by atoms with E-state index in [-0.39, 0.29) is 5.91 Å². The van der Waals surface area contributed by atoms with Crippen LogP contribution in [0.4, 0.5) is 0 Å². The van der Waals surface area contributed by atoms with Crippen molar-refractivity contribution in [2.75, 3.05) is 27.4 Å². The van der Waals surface area contributed by atoms with Gasteiger partial charge >= 0.3 is 0 Å². The monoisotopic (exact) mass is 235 g/mol. The molecule has 0 aliphatic carbocycles. The lowest BCUT2D eigenvalue weighted by atomic mass is 10.2. The minimum absolute atomic E-state index is 0.127.